The van der Waals surface area contributed by atoms with E-state index in [-0.39, 0.29) is 19.0 Å². The van der Waals surface area contributed by atoms with E-state index in [1.54, 1.807) is 12.1 Å². The number of aromatic nitrogens is 1. The molecule has 0 fully saturated rings. The zero-order valence-electron chi connectivity index (χ0n) is 15.3. The van der Waals surface area contributed by atoms with E-state index in [2.05, 4.69) is 4.98 Å². The fourth-order valence-electron chi connectivity index (χ4n) is 3.27. The van der Waals surface area contributed by atoms with Crippen molar-refractivity contribution in [3.63, 3.8) is 0 Å². The average Bonchev–Trinajstić information content (AvgIpc) is 3.09. The molecular weight excluding hydrogens is 378 g/mol. The number of hydrogen-bond donors (Lipinski definition) is 1. The van der Waals surface area contributed by atoms with Crippen molar-refractivity contribution in [3.8, 4) is 0 Å². The molecule has 4 rings (SSSR count). The summed E-state index contributed by atoms with van der Waals surface area (Å²) in [6, 6.07) is 12.7. The van der Waals surface area contributed by atoms with Crippen molar-refractivity contribution >= 4 is 39.4 Å². The number of hydrogen-bond acceptors (Lipinski definition) is 4. The first-order valence-electron chi connectivity index (χ1n) is 8.95. The first kappa shape index (κ1) is 18.3. The first-order valence-corrected chi connectivity index (χ1v) is 9.32. The number of para-hydroxylation sites is 1. The molecule has 0 atom stereocenters. The standard InChI is InChI=1S/C22H18ClNO4/c1-13-8-20-17(10-18(13)23)15(9-22(26)28-20)12-27-21(25)7-6-14-11-24-19-5-3-2-4-16(14)19/h2-5,8-11,24H,6-7,12H2,1H3. The minimum atomic E-state index is -0.487. The van der Waals surface area contributed by atoms with Gasteiger partial charge in [-0.1, -0.05) is 29.8 Å². The number of aryl methyl sites for hydroxylation is 2. The number of esters is 1. The number of H-pyrrole nitrogens is 1. The number of carbonyl (C=O) groups is 1. The van der Waals surface area contributed by atoms with E-state index in [1.807, 2.05) is 37.4 Å². The van der Waals surface area contributed by atoms with Crippen LogP contribution in [0.2, 0.25) is 5.02 Å². The Morgan fingerprint density at radius 1 is 1.14 bits per heavy atom. The Balaban J connectivity index is 1.46. The van der Waals surface area contributed by atoms with Crippen LogP contribution in [0.4, 0.5) is 0 Å². The molecule has 0 radical (unpaired) electrons. The molecule has 2 heterocycles. The van der Waals surface area contributed by atoms with Gasteiger partial charge in [0.05, 0.1) is 0 Å². The molecule has 0 aliphatic carbocycles. The summed E-state index contributed by atoms with van der Waals surface area (Å²) in [7, 11) is 0. The molecule has 28 heavy (non-hydrogen) atoms. The molecule has 0 bridgehead atoms. The summed E-state index contributed by atoms with van der Waals surface area (Å²) < 4.78 is 10.6. The van der Waals surface area contributed by atoms with Gasteiger partial charge in [0, 0.05) is 45.6 Å². The van der Waals surface area contributed by atoms with Crippen molar-refractivity contribution < 1.29 is 13.9 Å². The van der Waals surface area contributed by atoms with Crippen LogP contribution in [0.25, 0.3) is 21.9 Å². The van der Waals surface area contributed by atoms with Gasteiger partial charge in [0.15, 0.2) is 0 Å². The minimum Gasteiger partial charge on any atom is -0.461 e. The third-order valence-electron chi connectivity index (χ3n) is 4.77. The number of carbonyl (C=O) groups excluding carboxylic acids is 1. The van der Waals surface area contributed by atoms with E-state index >= 15 is 0 Å². The van der Waals surface area contributed by atoms with Gasteiger partial charge in [-0.25, -0.2) is 4.79 Å². The summed E-state index contributed by atoms with van der Waals surface area (Å²) in [6.45, 7) is 1.83. The lowest BCUT2D eigenvalue weighted by Crippen LogP contribution is -2.08. The van der Waals surface area contributed by atoms with Crippen molar-refractivity contribution in [2.24, 2.45) is 0 Å². The molecule has 2 aromatic carbocycles. The molecule has 0 spiro atoms. The summed E-state index contributed by atoms with van der Waals surface area (Å²) in [6.07, 6.45) is 2.74. The maximum Gasteiger partial charge on any atom is 0.336 e. The number of rotatable bonds is 5. The van der Waals surface area contributed by atoms with E-state index in [0.717, 1.165) is 22.0 Å². The van der Waals surface area contributed by atoms with Crippen molar-refractivity contribution in [1.29, 1.82) is 0 Å². The molecule has 0 aliphatic heterocycles. The van der Waals surface area contributed by atoms with Gasteiger partial charge in [0.2, 0.25) is 0 Å². The quantitative estimate of drug-likeness (QED) is 0.385. The summed E-state index contributed by atoms with van der Waals surface area (Å²) in [5.74, 6) is -0.329. The molecule has 1 N–H and O–H groups in total. The Hall–Kier alpha value is -3.05. The van der Waals surface area contributed by atoms with Gasteiger partial charge in [0.1, 0.15) is 12.2 Å². The zero-order valence-corrected chi connectivity index (χ0v) is 16.0. The number of aromatic amines is 1. The van der Waals surface area contributed by atoms with Crippen molar-refractivity contribution in [2.75, 3.05) is 0 Å². The van der Waals surface area contributed by atoms with Crippen LogP contribution in [0.15, 0.2) is 57.9 Å². The number of benzene rings is 2. The summed E-state index contributed by atoms with van der Waals surface area (Å²) >= 11 is 6.19. The molecule has 4 aromatic rings. The largest absolute Gasteiger partial charge is 0.461 e. The van der Waals surface area contributed by atoms with Gasteiger partial charge in [0.25, 0.3) is 0 Å². The van der Waals surface area contributed by atoms with Crippen molar-refractivity contribution in [3.05, 3.63) is 80.8 Å². The second-order valence-corrected chi connectivity index (χ2v) is 7.12. The molecule has 6 heteroatoms. The summed E-state index contributed by atoms with van der Waals surface area (Å²) in [5, 5.41) is 2.33. The SMILES string of the molecule is Cc1cc2oc(=O)cc(COC(=O)CCc3c[nH]c4ccccc34)c2cc1Cl. The van der Waals surface area contributed by atoms with Gasteiger partial charge in [-0.05, 0) is 42.7 Å². The molecular formula is C22H18ClNO4. The van der Waals surface area contributed by atoms with E-state index in [1.165, 1.54) is 6.07 Å². The Labute approximate surface area is 165 Å². The molecule has 0 amide bonds. The second-order valence-electron chi connectivity index (χ2n) is 6.71. The van der Waals surface area contributed by atoms with Gasteiger partial charge >= 0.3 is 11.6 Å². The molecule has 0 saturated carbocycles. The topological polar surface area (TPSA) is 72.3 Å². The van der Waals surface area contributed by atoms with Crippen LogP contribution in [0.1, 0.15) is 23.1 Å². The second kappa shape index (κ2) is 7.52. The monoisotopic (exact) mass is 395 g/mol. The highest BCUT2D eigenvalue weighted by Crippen LogP contribution is 2.26. The molecule has 2 aromatic heterocycles. The Morgan fingerprint density at radius 3 is 2.82 bits per heavy atom. The molecule has 0 aliphatic rings. The fourth-order valence-corrected chi connectivity index (χ4v) is 3.44. The average molecular weight is 396 g/mol. The van der Waals surface area contributed by atoms with Crippen LogP contribution in [0, 0.1) is 6.92 Å². The molecule has 5 nitrogen and oxygen atoms in total. The fraction of sp³-hybridized carbons (Fsp3) is 0.182. The Morgan fingerprint density at radius 2 is 1.96 bits per heavy atom. The highest BCUT2D eigenvalue weighted by atomic mass is 35.5. The first-order chi connectivity index (χ1) is 13.5. The molecule has 142 valence electrons. The maximum atomic E-state index is 12.2. The summed E-state index contributed by atoms with van der Waals surface area (Å²) in [4.78, 5) is 27.2. The lowest BCUT2D eigenvalue weighted by molar-refractivity contribution is -0.144. The van der Waals surface area contributed by atoms with Gasteiger partial charge in [-0.15, -0.1) is 0 Å². The lowest BCUT2D eigenvalue weighted by atomic mass is 10.1. The number of ether oxygens (including phenoxy) is 1. The van der Waals surface area contributed by atoms with Crippen LogP contribution in [-0.4, -0.2) is 11.0 Å². The van der Waals surface area contributed by atoms with Gasteiger partial charge < -0.3 is 14.1 Å². The van der Waals surface area contributed by atoms with E-state index in [4.69, 9.17) is 20.8 Å². The maximum absolute atomic E-state index is 12.2. The normalized spacial score (nSPS) is 11.2. The number of halogens is 1. The predicted octanol–water partition coefficient (Wildman–Crippen LogP) is 4.91. The molecule has 0 saturated heterocycles. The van der Waals surface area contributed by atoms with E-state index in [9.17, 15) is 9.59 Å². The Kier molecular flexibility index (Phi) is 4.92. The van der Waals surface area contributed by atoms with Crippen LogP contribution in [0.5, 0.6) is 0 Å². The highest BCUT2D eigenvalue weighted by Gasteiger charge is 2.12. The van der Waals surface area contributed by atoms with Crippen LogP contribution in [-0.2, 0) is 22.6 Å². The lowest BCUT2D eigenvalue weighted by Gasteiger charge is -2.08. The van der Waals surface area contributed by atoms with Crippen LogP contribution < -0.4 is 5.63 Å². The van der Waals surface area contributed by atoms with E-state index in [0.29, 0.717) is 28.0 Å². The van der Waals surface area contributed by atoms with Gasteiger partial charge in [-0.2, -0.15) is 0 Å². The number of nitrogens with one attached hydrogen (secondary N) is 1. The third-order valence-corrected chi connectivity index (χ3v) is 5.18. The molecule has 0 unspecified atom stereocenters. The third kappa shape index (κ3) is 3.66. The van der Waals surface area contributed by atoms with Crippen LogP contribution >= 0.6 is 11.6 Å². The van der Waals surface area contributed by atoms with Crippen LogP contribution in [0.3, 0.4) is 0 Å². The van der Waals surface area contributed by atoms with Crippen molar-refractivity contribution in [1.82, 2.24) is 4.98 Å². The van der Waals surface area contributed by atoms with Crippen molar-refractivity contribution in [2.45, 2.75) is 26.4 Å². The minimum absolute atomic E-state index is 0.00575. The summed E-state index contributed by atoms with van der Waals surface area (Å²) in [5.41, 5.74) is 3.44. The number of fused-ring (bicyclic) bond motifs is 2. The smallest absolute Gasteiger partial charge is 0.336 e. The highest BCUT2D eigenvalue weighted by molar-refractivity contribution is 6.32. The Bertz CT molecular complexity index is 1240. The predicted molar refractivity (Wildman–Crippen MR) is 109 cm³/mol. The van der Waals surface area contributed by atoms with E-state index < -0.39 is 5.63 Å². The zero-order chi connectivity index (χ0) is 19.7. The van der Waals surface area contributed by atoms with Gasteiger partial charge in [-0.3, -0.25) is 4.79 Å².